The third kappa shape index (κ3) is 17.0. The van der Waals surface area contributed by atoms with E-state index in [0.717, 1.165) is 27.7 Å². The number of amides is 1. The van der Waals surface area contributed by atoms with Crippen LogP contribution in [0.25, 0.3) is 17.0 Å². The Kier molecular flexibility index (Phi) is 19.0. The SMILES string of the molecule is CC(=O)OCOC(=O)CN(CC(=O)OCOC(C)=O)c1ccc(C)cc1OCCOc1cc2cc(/C=C3\NC(=S)NC3=O)oc2cc1N(CC(=O)OCOC(C)=O)CC(=O)OCOC(C)=O. The summed E-state index contributed by atoms with van der Waals surface area (Å²) in [5, 5.41) is 5.66. The van der Waals surface area contributed by atoms with E-state index in [4.69, 9.17) is 54.5 Å². The molecule has 0 bridgehead atoms. The summed E-state index contributed by atoms with van der Waals surface area (Å²) in [5.74, 6) is -6.70. The number of nitrogens with zero attached hydrogens (tertiary/aromatic N) is 2. The van der Waals surface area contributed by atoms with Crippen LogP contribution in [0, 0.1) is 6.92 Å². The summed E-state index contributed by atoms with van der Waals surface area (Å²) in [4.78, 5) is 111. The minimum Gasteiger partial charge on any atom is -0.488 e. The van der Waals surface area contributed by atoms with Gasteiger partial charge in [0.2, 0.25) is 27.2 Å². The Morgan fingerprint density at radius 1 is 0.591 bits per heavy atom. The highest BCUT2D eigenvalue weighted by Gasteiger charge is 2.26. The van der Waals surface area contributed by atoms with Gasteiger partial charge in [-0.1, -0.05) is 6.07 Å². The number of fused-ring (bicyclic) bond motifs is 1. The third-order valence-electron chi connectivity index (χ3n) is 8.23. The molecule has 0 radical (unpaired) electrons. The van der Waals surface area contributed by atoms with Crippen LogP contribution in [0.5, 0.6) is 11.5 Å². The van der Waals surface area contributed by atoms with Crippen molar-refractivity contribution in [2.75, 3.05) is 76.4 Å². The van der Waals surface area contributed by atoms with E-state index in [1.807, 2.05) is 0 Å². The number of hydrogen-bond donors (Lipinski definition) is 2. The van der Waals surface area contributed by atoms with Crippen molar-refractivity contribution < 1.29 is 94.9 Å². The van der Waals surface area contributed by atoms with Gasteiger partial charge in [0.05, 0.1) is 11.4 Å². The number of ether oxygens (including phenoxy) is 10. The minimum absolute atomic E-state index is 0.0433. The Balaban J connectivity index is 1.66. The summed E-state index contributed by atoms with van der Waals surface area (Å²) in [6.45, 7) is 0.451. The van der Waals surface area contributed by atoms with Gasteiger partial charge in [0.25, 0.3) is 5.91 Å². The molecule has 25 heteroatoms. The van der Waals surface area contributed by atoms with Crippen molar-refractivity contribution in [1.82, 2.24) is 10.6 Å². The molecule has 1 amide bonds. The number of hydrogen-bond acceptors (Lipinski definition) is 23. The molecular weight excluding hydrogens is 901 g/mol. The van der Waals surface area contributed by atoms with E-state index < -0.39 is 107 Å². The summed E-state index contributed by atoms with van der Waals surface area (Å²) in [6.07, 6.45) is 1.39. The van der Waals surface area contributed by atoms with Crippen molar-refractivity contribution in [3.8, 4) is 11.5 Å². The first-order valence-corrected chi connectivity index (χ1v) is 19.7. The average Bonchev–Trinajstić information content (AvgIpc) is 3.77. The highest BCUT2D eigenvalue weighted by molar-refractivity contribution is 7.80. The fourth-order valence-corrected chi connectivity index (χ4v) is 5.61. The topological polar surface area (TPSA) is 290 Å². The summed E-state index contributed by atoms with van der Waals surface area (Å²) in [6, 6.07) is 9.33. The molecule has 66 heavy (non-hydrogen) atoms. The molecule has 2 heterocycles. The third-order valence-corrected chi connectivity index (χ3v) is 8.43. The van der Waals surface area contributed by atoms with Crippen LogP contribution < -0.4 is 29.9 Å². The second kappa shape index (κ2) is 24.8. The molecule has 0 atom stereocenters. The second-order valence-electron chi connectivity index (χ2n) is 13.4. The summed E-state index contributed by atoms with van der Waals surface area (Å²) in [7, 11) is 0. The van der Waals surface area contributed by atoms with Gasteiger partial charge in [-0.25, -0.2) is 0 Å². The number of nitrogens with one attached hydrogen (secondary N) is 2. The van der Waals surface area contributed by atoms with Crippen molar-refractivity contribution in [1.29, 1.82) is 0 Å². The lowest BCUT2D eigenvalue weighted by Crippen LogP contribution is -2.37. The predicted octanol–water partition coefficient (Wildman–Crippen LogP) is 1.41. The quantitative estimate of drug-likeness (QED) is 0.0320. The largest absolute Gasteiger partial charge is 0.488 e. The van der Waals surface area contributed by atoms with Crippen LogP contribution in [-0.2, 0) is 81.0 Å². The number of thiocarbonyl (C=S) groups is 1. The number of furan rings is 1. The lowest BCUT2D eigenvalue weighted by atomic mass is 10.2. The normalized spacial score (nSPS) is 12.2. The summed E-state index contributed by atoms with van der Waals surface area (Å²) < 4.78 is 57.1. The molecule has 2 aromatic carbocycles. The molecule has 1 aromatic heterocycles. The minimum atomic E-state index is -0.959. The van der Waals surface area contributed by atoms with E-state index in [0.29, 0.717) is 10.9 Å². The van der Waals surface area contributed by atoms with Crippen LogP contribution in [0.3, 0.4) is 0 Å². The van der Waals surface area contributed by atoms with E-state index in [1.165, 1.54) is 28.0 Å². The van der Waals surface area contributed by atoms with Gasteiger partial charge in [0.15, 0.2) is 5.11 Å². The molecule has 3 aromatic rings. The smallest absolute Gasteiger partial charge is 0.328 e. The molecular formula is C41H44N4O20S. The van der Waals surface area contributed by atoms with Crippen molar-refractivity contribution in [3.05, 3.63) is 53.4 Å². The molecule has 354 valence electrons. The maximum Gasteiger partial charge on any atom is 0.328 e. The van der Waals surface area contributed by atoms with Gasteiger partial charge < -0.3 is 66.9 Å². The number of anilines is 2. The van der Waals surface area contributed by atoms with Crippen LogP contribution in [0.4, 0.5) is 11.4 Å². The zero-order valence-corrected chi connectivity index (χ0v) is 36.9. The maximum absolute atomic E-state index is 13.0. The summed E-state index contributed by atoms with van der Waals surface area (Å²) in [5.41, 5.74) is 1.24. The number of carbonyl (C=O) groups excluding carboxylic acids is 9. The number of esters is 8. The number of carbonyl (C=O) groups is 9. The van der Waals surface area contributed by atoms with Crippen LogP contribution in [0.15, 0.2) is 46.5 Å². The molecule has 0 aliphatic carbocycles. The van der Waals surface area contributed by atoms with Crippen LogP contribution in [0.2, 0.25) is 0 Å². The van der Waals surface area contributed by atoms with Crippen LogP contribution in [0.1, 0.15) is 39.0 Å². The molecule has 4 rings (SSSR count). The van der Waals surface area contributed by atoms with Gasteiger partial charge in [-0.3, -0.25) is 48.5 Å². The highest BCUT2D eigenvalue weighted by atomic mass is 32.1. The Morgan fingerprint density at radius 3 is 1.45 bits per heavy atom. The predicted molar refractivity (Wildman–Crippen MR) is 226 cm³/mol. The van der Waals surface area contributed by atoms with E-state index in [9.17, 15) is 43.2 Å². The first-order valence-electron chi connectivity index (χ1n) is 19.3. The molecule has 0 spiro atoms. The lowest BCUT2D eigenvalue weighted by molar-refractivity contribution is -0.167. The van der Waals surface area contributed by atoms with E-state index in [1.54, 1.807) is 31.2 Å². The van der Waals surface area contributed by atoms with E-state index >= 15 is 0 Å². The molecule has 2 N–H and O–H groups in total. The second-order valence-corrected chi connectivity index (χ2v) is 13.8. The number of rotatable bonds is 24. The first-order chi connectivity index (χ1) is 31.4. The standard InChI is InChI=1S/C41H44N4O20S/c1-23-6-7-31(44(15-36(50)61-19-57-24(2)46)16-37(51)62-20-58-25(3)47)34(10-23)55-8-9-56-35-12-28-11-29(13-30-40(54)43-41(66)42-30)65-33(28)14-32(35)45(17-38(52)63-21-59-26(4)48)18-39(53)64-22-60-27(5)49/h6-7,10-14H,8-9,15-22H2,1-5H3,(H2,42,43,54,66)/b30-13-. The molecule has 1 aliphatic heterocycles. The lowest BCUT2D eigenvalue weighted by Gasteiger charge is -2.26. The van der Waals surface area contributed by atoms with Crippen molar-refractivity contribution >= 4 is 99.4 Å². The number of aryl methyl sites for hydroxylation is 1. The Bertz CT molecular complexity index is 2310. The van der Waals surface area contributed by atoms with E-state index in [-0.39, 0.29) is 58.2 Å². The van der Waals surface area contributed by atoms with Crippen molar-refractivity contribution in [2.45, 2.75) is 34.6 Å². The Morgan fingerprint density at radius 2 is 1.03 bits per heavy atom. The number of benzene rings is 2. The summed E-state index contributed by atoms with van der Waals surface area (Å²) >= 11 is 5.01. The average molecular weight is 945 g/mol. The fourth-order valence-electron chi connectivity index (χ4n) is 5.41. The van der Waals surface area contributed by atoms with Gasteiger partial charge in [-0.15, -0.1) is 0 Å². The molecule has 1 aliphatic rings. The molecule has 1 fully saturated rings. The molecule has 1 saturated heterocycles. The first kappa shape index (κ1) is 50.7. The zero-order chi connectivity index (χ0) is 48.3. The molecule has 24 nitrogen and oxygen atoms in total. The zero-order valence-electron chi connectivity index (χ0n) is 36.1. The van der Waals surface area contributed by atoms with Gasteiger partial charge in [-0.05, 0) is 49.0 Å². The molecule has 0 unspecified atom stereocenters. The maximum atomic E-state index is 13.0. The Labute approximate surface area is 380 Å². The van der Waals surface area contributed by atoms with Gasteiger partial charge in [0.1, 0.15) is 67.9 Å². The van der Waals surface area contributed by atoms with Crippen molar-refractivity contribution in [2.24, 2.45) is 0 Å². The van der Waals surface area contributed by atoms with E-state index in [2.05, 4.69) is 20.1 Å². The monoisotopic (exact) mass is 944 g/mol. The highest BCUT2D eigenvalue weighted by Crippen LogP contribution is 2.36. The van der Waals surface area contributed by atoms with Gasteiger partial charge in [-0.2, -0.15) is 0 Å². The van der Waals surface area contributed by atoms with Crippen LogP contribution >= 0.6 is 12.2 Å². The van der Waals surface area contributed by atoms with Gasteiger partial charge >= 0.3 is 47.8 Å². The van der Waals surface area contributed by atoms with Crippen molar-refractivity contribution in [3.63, 3.8) is 0 Å². The fraction of sp³-hybridized carbons (Fsp3) is 0.366. The Hall–Kier alpha value is -7.96. The molecule has 0 saturated carbocycles. The van der Waals surface area contributed by atoms with Gasteiger partial charge in [0, 0.05) is 45.2 Å². The van der Waals surface area contributed by atoms with Crippen LogP contribution in [-0.4, -0.2) is 125 Å².